The number of aromatic nitrogens is 4. The van der Waals surface area contributed by atoms with E-state index >= 15 is 0 Å². The highest BCUT2D eigenvalue weighted by Gasteiger charge is 2.27. The Kier molecular flexibility index (Phi) is 7.33. The molecule has 0 aliphatic carbocycles. The number of aliphatic hydroxyl groups excluding tert-OH is 1. The van der Waals surface area contributed by atoms with Crippen molar-refractivity contribution in [1.82, 2.24) is 29.7 Å². The number of β-amino-alcohol motifs (C(OH)–C–C–N with tert-alkyl or cyclic N) is 1. The molecule has 4 aromatic rings. The molecule has 1 atom stereocenters. The molecule has 2 aromatic carbocycles. The van der Waals surface area contributed by atoms with Crippen molar-refractivity contribution in [2.45, 2.75) is 17.2 Å². The maximum absolute atomic E-state index is 13.5. The van der Waals surface area contributed by atoms with Crippen LogP contribution in [0.4, 0.5) is 8.78 Å². The van der Waals surface area contributed by atoms with Gasteiger partial charge in [0.1, 0.15) is 28.5 Å². The minimum Gasteiger partial charge on any atom is -0.391 e. The van der Waals surface area contributed by atoms with Crippen LogP contribution < -0.4 is 0 Å². The van der Waals surface area contributed by atoms with E-state index in [1.807, 2.05) is 0 Å². The van der Waals surface area contributed by atoms with Gasteiger partial charge in [-0.25, -0.2) is 23.7 Å². The maximum atomic E-state index is 13.5. The number of nitrogens with one attached hydrogen (secondary N) is 1. The van der Waals surface area contributed by atoms with Gasteiger partial charge in [-0.3, -0.25) is 9.80 Å². The molecule has 5 rings (SSSR count). The third kappa shape index (κ3) is 5.67. The minimum absolute atomic E-state index is 0.0894. The first-order chi connectivity index (χ1) is 17.1. The van der Waals surface area contributed by atoms with E-state index in [0.717, 1.165) is 47.8 Å². The Bertz CT molecular complexity index is 1200. The van der Waals surface area contributed by atoms with Crippen LogP contribution >= 0.6 is 11.8 Å². The van der Waals surface area contributed by atoms with Crippen LogP contribution in [0, 0.1) is 11.6 Å². The summed E-state index contributed by atoms with van der Waals surface area (Å²) in [5.74, 6) is -0.0453. The molecule has 1 saturated heterocycles. The molecule has 1 fully saturated rings. The zero-order valence-electron chi connectivity index (χ0n) is 19.0. The second kappa shape index (κ2) is 10.8. The van der Waals surface area contributed by atoms with Crippen molar-refractivity contribution in [1.29, 1.82) is 0 Å². The summed E-state index contributed by atoms with van der Waals surface area (Å²) in [7, 11) is 0. The number of benzene rings is 2. The van der Waals surface area contributed by atoms with E-state index in [1.165, 1.54) is 42.4 Å². The lowest BCUT2D eigenvalue weighted by atomic mass is 9.96. The smallest absolute Gasteiger partial charge is 0.181 e. The number of hydrogen-bond donors (Lipinski definition) is 2. The van der Waals surface area contributed by atoms with Crippen molar-refractivity contribution in [3.63, 3.8) is 0 Å². The molecule has 0 spiro atoms. The van der Waals surface area contributed by atoms with Crippen LogP contribution in [0.15, 0.2) is 66.2 Å². The first kappa shape index (κ1) is 23.8. The number of fused-ring (bicyclic) bond motifs is 1. The van der Waals surface area contributed by atoms with Crippen molar-refractivity contribution >= 4 is 22.9 Å². The highest BCUT2D eigenvalue weighted by molar-refractivity contribution is 7.99. The van der Waals surface area contributed by atoms with Crippen LogP contribution in [0.3, 0.4) is 0 Å². The van der Waals surface area contributed by atoms with E-state index in [1.54, 1.807) is 30.6 Å². The van der Waals surface area contributed by atoms with Gasteiger partial charge in [-0.1, -0.05) is 24.3 Å². The largest absolute Gasteiger partial charge is 0.391 e. The van der Waals surface area contributed by atoms with Crippen molar-refractivity contribution < 1.29 is 13.9 Å². The lowest BCUT2D eigenvalue weighted by Gasteiger charge is -2.40. The summed E-state index contributed by atoms with van der Waals surface area (Å²) < 4.78 is 27.1. The molecule has 0 radical (unpaired) electrons. The van der Waals surface area contributed by atoms with Gasteiger partial charge in [0.25, 0.3) is 0 Å². The third-order valence-electron chi connectivity index (χ3n) is 6.21. The fraction of sp³-hybridized carbons (Fsp3) is 0.320. The Hall–Kier alpha value is -2.92. The average molecular weight is 497 g/mol. The minimum atomic E-state index is -0.510. The summed E-state index contributed by atoms with van der Waals surface area (Å²) in [5, 5.41) is 11.4. The molecular formula is C25H26F2N6OS. The number of piperazine rings is 1. The van der Waals surface area contributed by atoms with Crippen LogP contribution in [0.5, 0.6) is 0 Å². The summed E-state index contributed by atoms with van der Waals surface area (Å²) >= 11 is 1.48. The fourth-order valence-electron chi connectivity index (χ4n) is 4.49. The first-order valence-corrected chi connectivity index (χ1v) is 12.5. The number of hydrogen-bond acceptors (Lipinski definition) is 7. The van der Waals surface area contributed by atoms with Gasteiger partial charge in [0.15, 0.2) is 5.65 Å². The average Bonchev–Trinajstić information content (AvgIpc) is 3.36. The summed E-state index contributed by atoms with van der Waals surface area (Å²) in [5.41, 5.74) is 3.34. The molecule has 0 bridgehead atoms. The zero-order chi connectivity index (χ0) is 24.2. The molecule has 35 heavy (non-hydrogen) atoms. The van der Waals surface area contributed by atoms with Crippen LogP contribution in [-0.4, -0.2) is 79.4 Å². The van der Waals surface area contributed by atoms with Crippen LogP contribution in [0.2, 0.25) is 0 Å². The number of H-pyrrole nitrogens is 1. The predicted octanol–water partition coefficient (Wildman–Crippen LogP) is 3.49. The van der Waals surface area contributed by atoms with Gasteiger partial charge in [0.05, 0.1) is 18.5 Å². The van der Waals surface area contributed by atoms with E-state index in [2.05, 4.69) is 29.7 Å². The van der Waals surface area contributed by atoms with Gasteiger partial charge in [-0.2, -0.15) is 0 Å². The van der Waals surface area contributed by atoms with E-state index in [-0.39, 0.29) is 17.7 Å². The van der Waals surface area contributed by atoms with Crippen molar-refractivity contribution in [3.05, 3.63) is 83.9 Å². The third-order valence-corrected chi connectivity index (χ3v) is 7.35. The van der Waals surface area contributed by atoms with Crippen LogP contribution in [0.1, 0.15) is 17.2 Å². The number of halogens is 2. The van der Waals surface area contributed by atoms with Gasteiger partial charge in [-0.15, -0.1) is 11.8 Å². The van der Waals surface area contributed by atoms with Gasteiger partial charge in [0, 0.05) is 38.5 Å². The molecular weight excluding hydrogens is 470 g/mol. The second-order valence-corrected chi connectivity index (χ2v) is 9.60. The Balaban J connectivity index is 1.19. The van der Waals surface area contributed by atoms with Crippen molar-refractivity contribution in [2.24, 2.45) is 0 Å². The molecule has 0 amide bonds. The van der Waals surface area contributed by atoms with Crippen LogP contribution in [-0.2, 0) is 0 Å². The summed E-state index contributed by atoms with van der Waals surface area (Å²) in [4.78, 5) is 20.2. The lowest BCUT2D eigenvalue weighted by Crippen LogP contribution is -2.50. The summed E-state index contributed by atoms with van der Waals surface area (Å²) in [6.07, 6.45) is 2.56. The zero-order valence-corrected chi connectivity index (χ0v) is 19.8. The number of aliphatic hydroxyl groups is 1. The van der Waals surface area contributed by atoms with E-state index < -0.39 is 6.10 Å². The fourth-order valence-corrected chi connectivity index (χ4v) is 5.36. The topological polar surface area (TPSA) is 81.2 Å². The second-order valence-electron chi connectivity index (χ2n) is 8.59. The Labute approximate surface area is 206 Å². The molecule has 0 saturated carbocycles. The molecule has 0 unspecified atom stereocenters. The summed E-state index contributed by atoms with van der Waals surface area (Å²) in [6, 6.07) is 12.9. The van der Waals surface area contributed by atoms with Gasteiger partial charge in [0.2, 0.25) is 0 Å². The molecule has 2 aromatic heterocycles. The number of thioether (sulfide) groups is 1. The van der Waals surface area contributed by atoms with E-state index in [9.17, 15) is 13.9 Å². The number of aromatic amines is 1. The van der Waals surface area contributed by atoms with Gasteiger partial charge < -0.3 is 10.1 Å². The number of imidazole rings is 1. The highest BCUT2D eigenvalue weighted by Crippen LogP contribution is 2.30. The molecule has 1 aliphatic heterocycles. The maximum Gasteiger partial charge on any atom is 0.181 e. The highest BCUT2D eigenvalue weighted by atomic mass is 32.2. The molecule has 182 valence electrons. The van der Waals surface area contributed by atoms with E-state index in [4.69, 9.17) is 0 Å². The van der Waals surface area contributed by atoms with Crippen molar-refractivity contribution in [3.8, 4) is 0 Å². The SMILES string of the molecule is O[C@@H](CSc1ncnc2nc[nH]c12)CN1CCN(C(c2ccc(F)cc2)c2ccc(F)cc2)CC1. The van der Waals surface area contributed by atoms with Crippen LogP contribution in [0.25, 0.3) is 11.2 Å². The molecule has 1 aliphatic rings. The van der Waals surface area contributed by atoms with E-state index in [0.29, 0.717) is 17.9 Å². The normalized spacial score (nSPS) is 16.2. The molecule has 7 nitrogen and oxygen atoms in total. The van der Waals surface area contributed by atoms with Gasteiger partial charge >= 0.3 is 0 Å². The summed E-state index contributed by atoms with van der Waals surface area (Å²) in [6.45, 7) is 3.70. The first-order valence-electron chi connectivity index (χ1n) is 11.5. The Morgan fingerprint density at radius 3 is 2.14 bits per heavy atom. The Morgan fingerprint density at radius 2 is 1.51 bits per heavy atom. The monoisotopic (exact) mass is 496 g/mol. The van der Waals surface area contributed by atoms with Crippen molar-refractivity contribution in [2.75, 3.05) is 38.5 Å². The quantitative estimate of drug-likeness (QED) is 0.286. The molecule has 2 N–H and O–H groups in total. The number of nitrogens with zero attached hydrogens (tertiary/aromatic N) is 5. The standard InChI is InChI=1S/C25H26F2N6OS/c26-19-5-1-17(2-6-19)23(18-3-7-20(27)8-4-18)33-11-9-32(10-12-33)13-21(34)14-35-25-22-24(29-15-28-22)30-16-31-25/h1-8,15-16,21,23,34H,9-14H2,(H,28,29,30,31)/t21-/m1/s1. The molecule has 10 heteroatoms. The predicted molar refractivity (Wildman–Crippen MR) is 131 cm³/mol. The van der Waals surface area contributed by atoms with Gasteiger partial charge in [-0.05, 0) is 35.4 Å². The number of rotatable bonds is 8. The lowest BCUT2D eigenvalue weighted by molar-refractivity contribution is 0.0708. The molecule has 3 heterocycles. The Morgan fingerprint density at radius 1 is 0.886 bits per heavy atom.